The highest BCUT2D eigenvalue weighted by molar-refractivity contribution is 6.33. The van der Waals surface area contributed by atoms with Crippen molar-refractivity contribution in [2.45, 2.75) is 13.0 Å². The molecule has 8 heteroatoms. The number of alkyl halides is 2. The molecule has 2 amide bonds. The predicted molar refractivity (Wildman–Crippen MR) is 90.1 cm³/mol. The molecule has 25 heavy (non-hydrogen) atoms. The van der Waals surface area contributed by atoms with Gasteiger partial charge in [0.25, 0.3) is 5.91 Å². The molecule has 2 aromatic rings. The van der Waals surface area contributed by atoms with Gasteiger partial charge in [-0.3, -0.25) is 9.59 Å². The summed E-state index contributed by atoms with van der Waals surface area (Å²) in [6.45, 7) is -2.77. The van der Waals surface area contributed by atoms with E-state index in [1.165, 1.54) is 24.3 Å². The van der Waals surface area contributed by atoms with Crippen LogP contribution in [-0.2, 0) is 4.79 Å². The van der Waals surface area contributed by atoms with E-state index in [-0.39, 0.29) is 30.5 Å². The van der Waals surface area contributed by atoms with Crippen molar-refractivity contribution in [3.05, 3.63) is 59.1 Å². The van der Waals surface area contributed by atoms with Crippen LogP contribution < -0.4 is 15.4 Å². The topological polar surface area (TPSA) is 67.4 Å². The van der Waals surface area contributed by atoms with Crippen molar-refractivity contribution in [3.8, 4) is 5.75 Å². The molecular formula is C17H15ClF2N2O3. The van der Waals surface area contributed by atoms with Gasteiger partial charge in [0.1, 0.15) is 5.75 Å². The standard InChI is InChI=1S/C17H15ClF2N2O3/c18-14-4-2-1-3-13(14)16(24)21-10-9-15(23)22-11-5-7-12(8-6-11)25-17(19)20/h1-8,17H,9-10H2,(H,21,24)(H,22,23). The van der Waals surface area contributed by atoms with Crippen molar-refractivity contribution in [1.82, 2.24) is 5.32 Å². The van der Waals surface area contributed by atoms with Gasteiger partial charge in [0.2, 0.25) is 5.91 Å². The molecule has 0 heterocycles. The third kappa shape index (κ3) is 6.04. The van der Waals surface area contributed by atoms with E-state index in [1.54, 1.807) is 24.3 Å². The maximum atomic E-state index is 12.0. The van der Waals surface area contributed by atoms with Gasteiger partial charge in [-0.1, -0.05) is 23.7 Å². The molecule has 0 aliphatic carbocycles. The van der Waals surface area contributed by atoms with Gasteiger partial charge in [-0.05, 0) is 36.4 Å². The van der Waals surface area contributed by atoms with E-state index in [0.717, 1.165) is 0 Å². The maximum absolute atomic E-state index is 12.0. The average molecular weight is 369 g/mol. The molecule has 5 nitrogen and oxygen atoms in total. The van der Waals surface area contributed by atoms with Crippen molar-refractivity contribution in [3.63, 3.8) is 0 Å². The van der Waals surface area contributed by atoms with Crippen molar-refractivity contribution in [2.75, 3.05) is 11.9 Å². The van der Waals surface area contributed by atoms with E-state index < -0.39 is 6.61 Å². The van der Waals surface area contributed by atoms with Crippen LogP contribution in [0.2, 0.25) is 5.02 Å². The second-order valence-electron chi connectivity index (χ2n) is 4.94. The van der Waals surface area contributed by atoms with Crippen LogP contribution in [-0.4, -0.2) is 25.0 Å². The van der Waals surface area contributed by atoms with Gasteiger partial charge in [-0.2, -0.15) is 8.78 Å². The Hall–Kier alpha value is -2.67. The summed E-state index contributed by atoms with van der Waals surface area (Å²) < 4.78 is 28.3. The summed E-state index contributed by atoms with van der Waals surface area (Å²) >= 11 is 5.91. The quantitative estimate of drug-likeness (QED) is 0.783. The van der Waals surface area contributed by atoms with Gasteiger partial charge in [0.15, 0.2) is 0 Å². The van der Waals surface area contributed by atoms with E-state index in [4.69, 9.17) is 11.6 Å². The fraction of sp³-hybridized carbons (Fsp3) is 0.176. The van der Waals surface area contributed by atoms with Crippen LogP contribution in [0.3, 0.4) is 0 Å². The summed E-state index contributed by atoms with van der Waals surface area (Å²) in [4.78, 5) is 23.7. The number of hydrogen-bond donors (Lipinski definition) is 2. The minimum Gasteiger partial charge on any atom is -0.435 e. The predicted octanol–water partition coefficient (Wildman–Crippen LogP) is 3.70. The first-order chi connectivity index (χ1) is 12.0. The van der Waals surface area contributed by atoms with E-state index >= 15 is 0 Å². The zero-order valence-corrected chi connectivity index (χ0v) is 13.7. The van der Waals surface area contributed by atoms with Gasteiger partial charge >= 0.3 is 6.61 Å². The number of carbonyl (C=O) groups is 2. The first-order valence-electron chi connectivity index (χ1n) is 7.33. The highest BCUT2D eigenvalue weighted by Crippen LogP contribution is 2.18. The highest BCUT2D eigenvalue weighted by atomic mass is 35.5. The van der Waals surface area contributed by atoms with Crippen LogP contribution in [0, 0.1) is 0 Å². The molecule has 0 atom stereocenters. The molecule has 0 radical (unpaired) electrons. The largest absolute Gasteiger partial charge is 0.435 e. The summed E-state index contributed by atoms with van der Waals surface area (Å²) in [6.07, 6.45) is 0.0471. The molecule has 2 aromatic carbocycles. The van der Waals surface area contributed by atoms with Crippen LogP contribution in [0.15, 0.2) is 48.5 Å². The normalized spacial score (nSPS) is 10.4. The smallest absolute Gasteiger partial charge is 0.387 e. The molecule has 0 saturated heterocycles. The summed E-state index contributed by atoms with van der Waals surface area (Å²) in [5.74, 6) is -0.700. The first kappa shape index (κ1) is 18.7. The Balaban J connectivity index is 1.77. The van der Waals surface area contributed by atoms with E-state index in [0.29, 0.717) is 16.3 Å². The first-order valence-corrected chi connectivity index (χ1v) is 7.71. The van der Waals surface area contributed by atoms with Gasteiger partial charge in [-0.15, -0.1) is 0 Å². The second-order valence-corrected chi connectivity index (χ2v) is 5.34. The van der Waals surface area contributed by atoms with Crippen LogP contribution in [0.25, 0.3) is 0 Å². The van der Waals surface area contributed by atoms with Gasteiger partial charge in [0, 0.05) is 18.7 Å². The molecule has 0 spiro atoms. The molecule has 0 unspecified atom stereocenters. The molecule has 0 saturated carbocycles. The Bertz CT molecular complexity index is 739. The molecule has 132 valence electrons. The minimum absolute atomic E-state index is 0.00000198. The molecule has 2 N–H and O–H groups in total. The summed E-state index contributed by atoms with van der Waals surface area (Å²) in [5.41, 5.74) is 0.767. The molecule has 2 rings (SSSR count). The number of carbonyl (C=O) groups excluding carboxylic acids is 2. The number of hydrogen-bond acceptors (Lipinski definition) is 3. The monoisotopic (exact) mass is 368 g/mol. The van der Waals surface area contributed by atoms with Gasteiger partial charge in [0.05, 0.1) is 10.6 Å². The maximum Gasteiger partial charge on any atom is 0.387 e. The van der Waals surface area contributed by atoms with E-state index in [1.807, 2.05) is 0 Å². The summed E-state index contributed by atoms with van der Waals surface area (Å²) in [5, 5.41) is 5.52. The lowest BCUT2D eigenvalue weighted by molar-refractivity contribution is -0.116. The van der Waals surface area contributed by atoms with Crippen molar-refractivity contribution >= 4 is 29.1 Å². The number of nitrogens with one attached hydrogen (secondary N) is 2. The van der Waals surface area contributed by atoms with Crippen LogP contribution >= 0.6 is 11.6 Å². The fourth-order valence-corrected chi connectivity index (χ4v) is 2.19. The lowest BCUT2D eigenvalue weighted by atomic mass is 10.2. The Morgan fingerprint density at radius 2 is 1.76 bits per heavy atom. The highest BCUT2D eigenvalue weighted by Gasteiger charge is 2.10. The number of amides is 2. The number of ether oxygens (including phenoxy) is 1. The van der Waals surface area contributed by atoms with Crippen molar-refractivity contribution in [1.29, 1.82) is 0 Å². The van der Waals surface area contributed by atoms with Crippen LogP contribution in [0.5, 0.6) is 5.75 Å². The third-order valence-electron chi connectivity index (χ3n) is 3.12. The Kier molecular flexibility index (Phi) is 6.71. The van der Waals surface area contributed by atoms with Crippen molar-refractivity contribution in [2.24, 2.45) is 0 Å². The van der Waals surface area contributed by atoms with E-state index in [9.17, 15) is 18.4 Å². The zero-order chi connectivity index (χ0) is 18.2. The fourth-order valence-electron chi connectivity index (χ4n) is 1.97. The Labute approximate surface area is 147 Å². The molecular weight excluding hydrogens is 354 g/mol. The molecule has 0 aromatic heterocycles. The Morgan fingerprint density at radius 3 is 2.40 bits per heavy atom. The van der Waals surface area contributed by atoms with Crippen LogP contribution in [0.1, 0.15) is 16.8 Å². The SMILES string of the molecule is O=C(CCNC(=O)c1ccccc1Cl)Nc1ccc(OC(F)F)cc1. The lowest BCUT2D eigenvalue weighted by Gasteiger charge is -2.09. The molecule has 0 aliphatic rings. The molecule has 0 bridgehead atoms. The van der Waals surface area contributed by atoms with Crippen molar-refractivity contribution < 1.29 is 23.1 Å². The number of benzene rings is 2. The Morgan fingerprint density at radius 1 is 1.08 bits per heavy atom. The van der Waals surface area contributed by atoms with Gasteiger partial charge in [-0.25, -0.2) is 0 Å². The number of anilines is 1. The molecule has 0 aliphatic heterocycles. The van der Waals surface area contributed by atoms with E-state index in [2.05, 4.69) is 15.4 Å². The number of halogens is 3. The molecule has 0 fully saturated rings. The van der Waals surface area contributed by atoms with Crippen LogP contribution in [0.4, 0.5) is 14.5 Å². The average Bonchev–Trinajstić information content (AvgIpc) is 2.56. The third-order valence-corrected chi connectivity index (χ3v) is 3.45. The zero-order valence-electron chi connectivity index (χ0n) is 13.0. The van der Waals surface area contributed by atoms with Gasteiger partial charge < -0.3 is 15.4 Å². The lowest BCUT2D eigenvalue weighted by Crippen LogP contribution is -2.27. The number of rotatable bonds is 7. The summed E-state index contributed by atoms with van der Waals surface area (Å²) in [6, 6.07) is 12.1. The minimum atomic E-state index is -2.90. The second kappa shape index (κ2) is 8.98. The summed E-state index contributed by atoms with van der Waals surface area (Å²) in [7, 11) is 0.